The van der Waals surface area contributed by atoms with Gasteiger partial charge in [-0.3, -0.25) is 9.69 Å². The molecule has 0 bridgehead atoms. The minimum absolute atomic E-state index is 0.0920. The molecule has 1 atom stereocenters. The fourth-order valence-corrected chi connectivity index (χ4v) is 2.14. The quantitative estimate of drug-likeness (QED) is 0.814. The van der Waals surface area contributed by atoms with Crippen molar-refractivity contribution in [3.63, 3.8) is 0 Å². The van der Waals surface area contributed by atoms with E-state index in [0.717, 1.165) is 19.5 Å². The predicted molar refractivity (Wildman–Crippen MR) is 66.3 cm³/mol. The Labute approximate surface area is 106 Å². The van der Waals surface area contributed by atoms with Gasteiger partial charge in [0, 0.05) is 24.7 Å². The Kier molecular flexibility index (Phi) is 3.93. The minimum atomic E-state index is -0.513. The number of nitrogens with two attached hydrogens (primary N) is 1. The predicted octanol–water partition coefficient (Wildman–Crippen LogP) is 1.05. The highest BCUT2D eigenvalue weighted by Crippen LogP contribution is 2.18. The third kappa shape index (κ3) is 2.86. The molecule has 0 aliphatic carbocycles. The van der Waals surface area contributed by atoms with Crippen LogP contribution in [0.3, 0.4) is 0 Å². The number of Topliss-reactive ketones (excluding diaryl/α,β-unsaturated/α-hetero) is 1. The monoisotopic (exact) mass is 252 g/mol. The van der Waals surface area contributed by atoms with Crippen molar-refractivity contribution in [3.8, 4) is 5.75 Å². The van der Waals surface area contributed by atoms with Gasteiger partial charge < -0.3 is 10.5 Å². The van der Waals surface area contributed by atoms with Crippen molar-refractivity contribution >= 4 is 5.78 Å². The van der Waals surface area contributed by atoms with Crippen LogP contribution in [0, 0.1) is 5.82 Å². The third-order valence-corrected chi connectivity index (χ3v) is 3.15. The first-order valence-electron chi connectivity index (χ1n) is 5.95. The average Bonchev–Trinajstić information content (AvgIpc) is 2.74. The number of ether oxygens (including phenoxy) is 1. The molecule has 0 amide bonds. The van der Waals surface area contributed by atoms with E-state index in [-0.39, 0.29) is 17.6 Å². The van der Waals surface area contributed by atoms with Gasteiger partial charge in [-0.2, -0.15) is 0 Å². The molecule has 1 aromatic carbocycles. The maximum absolute atomic E-state index is 13.5. The molecule has 1 unspecified atom stereocenters. The van der Waals surface area contributed by atoms with Crippen molar-refractivity contribution in [1.29, 1.82) is 0 Å². The zero-order chi connectivity index (χ0) is 13.1. The Balaban J connectivity index is 2.02. The van der Waals surface area contributed by atoms with Crippen LogP contribution in [0.15, 0.2) is 18.2 Å². The summed E-state index contributed by atoms with van der Waals surface area (Å²) in [5, 5.41) is 0. The first-order valence-corrected chi connectivity index (χ1v) is 5.95. The molecule has 1 heterocycles. The zero-order valence-electron chi connectivity index (χ0n) is 10.4. The highest BCUT2D eigenvalue weighted by Gasteiger charge is 2.21. The number of hydrogen-bond acceptors (Lipinski definition) is 4. The number of carbonyl (C=O) groups excluding carboxylic acids is 1. The molecule has 18 heavy (non-hydrogen) atoms. The molecule has 2 N–H and O–H groups in total. The second-order valence-corrected chi connectivity index (χ2v) is 4.56. The Morgan fingerprint density at radius 1 is 1.61 bits per heavy atom. The smallest absolute Gasteiger partial charge is 0.176 e. The highest BCUT2D eigenvalue weighted by molar-refractivity contribution is 5.97. The summed E-state index contributed by atoms with van der Waals surface area (Å²) in [4.78, 5) is 14.0. The van der Waals surface area contributed by atoms with Crippen LogP contribution >= 0.6 is 0 Å². The number of hydrogen-bond donors (Lipinski definition) is 1. The number of benzene rings is 1. The summed E-state index contributed by atoms with van der Waals surface area (Å²) < 4.78 is 18.3. The summed E-state index contributed by atoms with van der Waals surface area (Å²) in [7, 11) is 1.39. The van der Waals surface area contributed by atoms with E-state index in [4.69, 9.17) is 10.5 Å². The van der Waals surface area contributed by atoms with E-state index >= 15 is 0 Å². The number of halogens is 1. The topological polar surface area (TPSA) is 55.6 Å². The first-order chi connectivity index (χ1) is 8.60. The van der Waals surface area contributed by atoms with Gasteiger partial charge in [-0.05, 0) is 24.6 Å². The second kappa shape index (κ2) is 5.46. The normalized spacial score (nSPS) is 20.1. The van der Waals surface area contributed by atoms with Crippen molar-refractivity contribution < 1.29 is 13.9 Å². The SMILES string of the molecule is COc1ccc(C(=O)CN2CCC(N)C2)cc1F. The summed E-state index contributed by atoms with van der Waals surface area (Å²) in [6, 6.07) is 4.42. The van der Waals surface area contributed by atoms with Gasteiger partial charge in [-0.1, -0.05) is 0 Å². The Morgan fingerprint density at radius 2 is 2.39 bits per heavy atom. The molecule has 0 saturated carbocycles. The molecule has 1 aromatic rings. The molecule has 1 aliphatic rings. The fraction of sp³-hybridized carbons (Fsp3) is 0.462. The van der Waals surface area contributed by atoms with Gasteiger partial charge in [0.15, 0.2) is 17.3 Å². The number of nitrogens with zero attached hydrogens (tertiary/aromatic N) is 1. The maximum Gasteiger partial charge on any atom is 0.176 e. The van der Waals surface area contributed by atoms with Crippen LogP contribution < -0.4 is 10.5 Å². The van der Waals surface area contributed by atoms with Gasteiger partial charge in [-0.25, -0.2) is 4.39 Å². The van der Waals surface area contributed by atoms with Gasteiger partial charge in [0.25, 0.3) is 0 Å². The lowest BCUT2D eigenvalue weighted by Crippen LogP contribution is -2.31. The fourth-order valence-electron chi connectivity index (χ4n) is 2.14. The van der Waals surface area contributed by atoms with E-state index in [1.165, 1.54) is 19.2 Å². The minimum Gasteiger partial charge on any atom is -0.494 e. The second-order valence-electron chi connectivity index (χ2n) is 4.56. The molecule has 1 aliphatic heterocycles. The van der Waals surface area contributed by atoms with Crippen LogP contribution in [0.5, 0.6) is 5.75 Å². The number of methoxy groups -OCH3 is 1. The Bertz CT molecular complexity index is 451. The molecule has 2 rings (SSSR count). The summed E-state index contributed by atoms with van der Waals surface area (Å²) >= 11 is 0. The van der Waals surface area contributed by atoms with E-state index < -0.39 is 5.82 Å². The van der Waals surface area contributed by atoms with Crippen molar-refractivity contribution in [1.82, 2.24) is 4.90 Å². The van der Waals surface area contributed by atoms with Gasteiger partial charge in [0.2, 0.25) is 0 Å². The van der Waals surface area contributed by atoms with Crippen LogP contribution in [-0.4, -0.2) is 43.5 Å². The maximum atomic E-state index is 13.5. The zero-order valence-corrected chi connectivity index (χ0v) is 10.4. The molecule has 98 valence electrons. The Morgan fingerprint density at radius 3 is 2.94 bits per heavy atom. The lowest BCUT2D eigenvalue weighted by molar-refractivity contribution is 0.0944. The molecular formula is C13H17FN2O2. The first kappa shape index (κ1) is 13.0. The molecule has 1 fully saturated rings. The van der Waals surface area contributed by atoms with E-state index in [0.29, 0.717) is 12.1 Å². The van der Waals surface area contributed by atoms with E-state index in [1.807, 2.05) is 4.90 Å². The van der Waals surface area contributed by atoms with Crippen molar-refractivity contribution in [3.05, 3.63) is 29.6 Å². The summed E-state index contributed by atoms with van der Waals surface area (Å²) in [6.45, 7) is 1.84. The summed E-state index contributed by atoms with van der Waals surface area (Å²) in [6.07, 6.45) is 0.907. The van der Waals surface area contributed by atoms with Gasteiger partial charge in [0.1, 0.15) is 0 Å². The third-order valence-electron chi connectivity index (χ3n) is 3.15. The number of likely N-dealkylation sites (tertiary alicyclic amines) is 1. The van der Waals surface area contributed by atoms with Crippen LogP contribution in [-0.2, 0) is 0 Å². The van der Waals surface area contributed by atoms with E-state index in [1.54, 1.807) is 6.07 Å². The van der Waals surface area contributed by atoms with Crippen molar-refractivity contribution in [2.45, 2.75) is 12.5 Å². The highest BCUT2D eigenvalue weighted by atomic mass is 19.1. The Hall–Kier alpha value is -1.46. The lowest BCUT2D eigenvalue weighted by atomic mass is 10.1. The van der Waals surface area contributed by atoms with Gasteiger partial charge >= 0.3 is 0 Å². The molecule has 1 saturated heterocycles. The van der Waals surface area contributed by atoms with E-state index in [2.05, 4.69) is 0 Å². The van der Waals surface area contributed by atoms with Crippen LogP contribution in [0.1, 0.15) is 16.8 Å². The standard InChI is InChI=1S/C13H17FN2O2/c1-18-13-3-2-9(6-11(13)14)12(17)8-16-5-4-10(15)7-16/h2-3,6,10H,4-5,7-8,15H2,1H3. The van der Waals surface area contributed by atoms with Gasteiger partial charge in [0.05, 0.1) is 13.7 Å². The van der Waals surface area contributed by atoms with Crippen molar-refractivity contribution in [2.24, 2.45) is 5.73 Å². The number of carbonyl (C=O) groups is 1. The van der Waals surface area contributed by atoms with E-state index in [9.17, 15) is 9.18 Å². The molecule has 0 radical (unpaired) electrons. The molecule has 5 heteroatoms. The summed E-state index contributed by atoms with van der Waals surface area (Å²) in [5.41, 5.74) is 6.14. The van der Waals surface area contributed by atoms with Crippen LogP contribution in [0.4, 0.5) is 4.39 Å². The van der Waals surface area contributed by atoms with Gasteiger partial charge in [-0.15, -0.1) is 0 Å². The summed E-state index contributed by atoms with van der Waals surface area (Å²) in [5.74, 6) is -0.457. The molecular weight excluding hydrogens is 235 g/mol. The lowest BCUT2D eigenvalue weighted by Gasteiger charge is -2.14. The van der Waals surface area contributed by atoms with Crippen molar-refractivity contribution in [2.75, 3.05) is 26.7 Å². The number of ketones is 1. The molecule has 0 aromatic heterocycles. The largest absolute Gasteiger partial charge is 0.494 e. The van der Waals surface area contributed by atoms with Crippen LogP contribution in [0.25, 0.3) is 0 Å². The average molecular weight is 252 g/mol. The van der Waals surface area contributed by atoms with Crippen LogP contribution in [0.2, 0.25) is 0 Å². The molecule has 0 spiro atoms. The molecule has 4 nitrogen and oxygen atoms in total. The number of rotatable bonds is 4.